The molecule has 0 unspecified atom stereocenters. The van der Waals surface area contributed by atoms with Crippen LogP contribution in [0.1, 0.15) is 17.3 Å². The number of nitrogens with zero attached hydrogens (tertiary/aromatic N) is 4. The van der Waals surface area contributed by atoms with E-state index in [0.717, 1.165) is 11.1 Å². The number of benzene rings is 3. The SMILES string of the molecule is C[C@H](OC(=O)c1ccccc1-n1cnnn1)C(=O)Nc1ccccc1-c1ccccc1. The Balaban J connectivity index is 1.49. The lowest BCUT2D eigenvalue weighted by Crippen LogP contribution is -2.30. The number of carbonyl (C=O) groups excluding carboxylic acids is 2. The van der Waals surface area contributed by atoms with Gasteiger partial charge in [-0.15, -0.1) is 5.10 Å². The summed E-state index contributed by atoms with van der Waals surface area (Å²) in [6.07, 6.45) is 0.362. The molecule has 0 fully saturated rings. The summed E-state index contributed by atoms with van der Waals surface area (Å²) >= 11 is 0. The molecule has 4 rings (SSSR count). The topological polar surface area (TPSA) is 99.0 Å². The lowest BCUT2D eigenvalue weighted by molar-refractivity contribution is -0.123. The van der Waals surface area contributed by atoms with E-state index in [1.807, 2.05) is 54.6 Å². The van der Waals surface area contributed by atoms with E-state index in [4.69, 9.17) is 4.74 Å². The summed E-state index contributed by atoms with van der Waals surface area (Å²) in [4.78, 5) is 25.5. The number of aromatic nitrogens is 4. The van der Waals surface area contributed by atoms with Crippen molar-refractivity contribution < 1.29 is 14.3 Å². The zero-order valence-electron chi connectivity index (χ0n) is 16.7. The number of nitrogens with one attached hydrogen (secondary N) is 1. The highest BCUT2D eigenvalue weighted by Gasteiger charge is 2.22. The van der Waals surface area contributed by atoms with Crippen LogP contribution >= 0.6 is 0 Å². The zero-order chi connectivity index (χ0) is 21.6. The van der Waals surface area contributed by atoms with Crippen LogP contribution in [0.25, 0.3) is 16.8 Å². The molecule has 0 aliphatic heterocycles. The second kappa shape index (κ2) is 9.00. The van der Waals surface area contributed by atoms with E-state index in [2.05, 4.69) is 20.8 Å². The van der Waals surface area contributed by atoms with Gasteiger partial charge in [-0.3, -0.25) is 4.79 Å². The van der Waals surface area contributed by atoms with E-state index in [1.54, 1.807) is 24.3 Å². The number of carbonyl (C=O) groups is 2. The average Bonchev–Trinajstić information content (AvgIpc) is 3.35. The first kappa shape index (κ1) is 20.0. The standard InChI is InChI=1S/C23H19N5O3/c1-16(31-23(30)19-12-6-8-14-21(19)28-15-24-26-27-28)22(29)25-20-13-7-5-11-18(20)17-9-3-2-4-10-17/h2-16H,1H3,(H,25,29)/t16-/m0/s1. The van der Waals surface area contributed by atoms with Crippen molar-refractivity contribution in [2.45, 2.75) is 13.0 Å². The monoisotopic (exact) mass is 413 g/mol. The lowest BCUT2D eigenvalue weighted by atomic mass is 10.0. The maximum atomic E-state index is 12.8. The van der Waals surface area contributed by atoms with Crippen LogP contribution in [0.2, 0.25) is 0 Å². The number of ether oxygens (including phenoxy) is 1. The van der Waals surface area contributed by atoms with Gasteiger partial charge in [0.05, 0.1) is 11.3 Å². The van der Waals surface area contributed by atoms with Crippen molar-refractivity contribution in [3.63, 3.8) is 0 Å². The van der Waals surface area contributed by atoms with Gasteiger partial charge in [0, 0.05) is 11.3 Å². The number of hydrogen-bond acceptors (Lipinski definition) is 6. The number of amides is 1. The molecule has 1 atom stereocenters. The van der Waals surface area contributed by atoms with Crippen LogP contribution in [0.3, 0.4) is 0 Å². The Morgan fingerprint density at radius 1 is 0.935 bits per heavy atom. The molecule has 8 nitrogen and oxygen atoms in total. The second-order valence-electron chi connectivity index (χ2n) is 6.72. The molecule has 0 spiro atoms. The van der Waals surface area contributed by atoms with Crippen molar-refractivity contribution >= 4 is 17.6 Å². The number of para-hydroxylation sites is 2. The summed E-state index contributed by atoms with van der Waals surface area (Å²) in [6, 6.07) is 23.9. The second-order valence-corrected chi connectivity index (χ2v) is 6.72. The fraction of sp³-hybridized carbons (Fsp3) is 0.0870. The molecule has 4 aromatic rings. The summed E-state index contributed by atoms with van der Waals surface area (Å²) in [5.41, 5.74) is 3.19. The lowest BCUT2D eigenvalue weighted by Gasteiger charge is -2.16. The number of tetrazole rings is 1. The minimum absolute atomic E-state index is 0.249. The summed E-state index contributed by atoms with van der Waals surface area (Å²) in [5.74, 6) is -1.08. The van der Waals surface area contributed by atoms with E-state index >= 15 is 0 Å². The van der Waals surface area contributed by atoms with E-state index < -0.39 is 18.0 Å². The summed E-state index contributed by atoms with van der Waals surface area (Å²) in [5, 5.41) is 13.8. The number of anilines is 1. The fourth-order valence-electron chi connectivity index (χ4n) is 3.09. The largest absolute Gasteiger partial charge is 0.449 e. The highest BCUT2D eigenvalue weighted by molar-refractivity contribution is 6.00. The third kappa shape index (κ3) is 4.48. The molecule has 0 saturated carbocycles. The van der Waals surface area contributed by atoms with Crippen molar-refractivity contribution in [3.8, 4) is 16.8 Å². The number of esters is 1. The van der Waals surface area contributed by atoms with Gasteiger partial charge in [0.1, 0.15) is 6.33 Å². The van der Waals surface area contributed by atoms with Crippen LogP contribution in [-0.4, -0.2) is 38.2 Å². The van der Waals surface area contributed by atoms with Crippen LogP contribution < -0.4 is 5.32 Å². The molecule has 31 heavy (non-hydrogen) atoms. The van der Waals surface area contributed by atoms with Crippen molar-refractivity contribution in [2.75, 3.05) is 5.32 Å². The first-order valence-corrected chi connectivity index (χ1v) is 9.62. The molecule has 0 bridgehead atoms. The van der Waals surface area contributed by atoms with Crippen LogP contribution in [-0.2, 0) is 9.53 Å². The highest BCUT2D eigenvalue weighted by Crippen LogP contribution is 2.27. The normalized spacial score (nSPS) is 11.5. The van der Waals surface area contributed by atoms with Crippen LogP contribution in [0, 0.1) is 0 Å². The number of rotatable bonds is 6. The Morgan fingerprint density at radius 2 is 1.65 bits per heavy atom. The third-order valence-electron chi connectivity index (χ3n) is 4.64. The Kier molecular flexibility index (Phi) is 5.79. The molecule has 0 aliphatic rings. The van der Waals surface area contributed by atoms with Gasteiger partial charge in [-0.05, 0) is 41.1 Å². The molecular formula is C23H19N5O3. The molecule has 0 aliphatic carbocycles. The predicted octanol–water partition coefficient (Wildman–Crippen LogP) is 3.51. The molecule has 0 radical (unpaired) electrons. The molecule has 8 heteroatoms. The van der Waals surface area contributed by atoms with E-state index in [9.17, 15) is 9.59 Å². The molecule has 1 aromatic heterocycles. The van der Waals surface area contributed by atoms with Gasteiger partial charge in [0.2, 0.25) is 0 Å². The van der Waals surface area contributed by atoms with Gasteiger partial charge in [0.15, 0.2) is 6.10 Å². The molecule has 1 heterocycles. The van der Waals surface area contributed by atoms with Crippen molar-refractivity contribution in [2.24, 2.45) is 0 Å². The van der Waals surface area contributed by atoms with Gasteiger partial charge >= 0.3 is 5.97 Å². The van der Waals surface area contributed by atoms with Gasteiger partial charge < -0.3 is 10.1 Å². The Labute approximate surface area is 178 Å². The fourth-order valence-corrected chi connectivity index (χ4v) is 3.09. The van der Waals surface area contributed by atoms with E-state index in [-0.39, 0.29) is 5.56 Å². The van der Waals surface area contributed by atoms with Crippen LogP contribution in [0.15, 0.2) is 85.2 Å². The number of hydrogen-bond donors (Lipinski definition) is 1. The Bertz CT molecular complexity index is 1190. The predicted molar refractivity (Wildman–Crippen MR) is 115 cm³/mol. The van der Waals surface area contributed by atoms with Crippen molar-refractivity contribution in [1.29, 1.82) is 0 Å². The van der Waals surface area contributed by atoms with Crippen LogP contribution in [0.5, 0.6) is 0 Å². The first-order valence-electron chi connectivity index (χ1n) is 9.62. The van der Waals surface area contributed by atoms with Gasteiger partial charge in [-0.25, -0.2) is 4.79 Å². The summed E-state index contributed by atoms with van der Waals surface area (Å²) in [6.45, 7) is 1.53. The highest BCUT2D eigenvalue weighted by atomic mass is 16.5. The van der Waals surface area contributed by atoms with Crippen LogP contribution in [0.4, 0.5) is 5.69 Å². The van der Waals surface area contributed by atoms with Gasteiger partial charge in [-0.1, -0.05) is 60.7 Å². The van der Waals surface area contributed by atoms with Gasteiger partial charge in [-0.2, -0.15) is 4.68 Å². The minimum atomic E-state index is -1.02. The average molecular weight is 413 g/mol. The molecule has 1 amide bonds. The maximum absolute atomic E-state index is 12.8. The molecular weight excluding hydrogens is 394 g/mol. The molecule has 0 saturated heterocycles. The van der Waals surface area contributed by atoms with E-state index in [0.29, 0.717) is 11.4 Å². The van der Waals surface area contributed by atoms with Crippen molar-refractivity contribution in [3.05, 3.63) is 90.8 Å². The quantitative estimate of drug-likeness (QED) is 0.486. The minimum Gasteiger partial charge on any atom is -0.449 e. The first-order chi connectivity index (χ1) is 15.1. The Hall–Kier alpha value is -4.33. The molecule has 154 valence electrons. The summed E-state index contributed by atoms with van der Waals surface area (Å²) in [7, 11) is 0. The zero-order valence-corrected chi connectivity index (χ0v) is 16.7. The van der Waals surface area contributed by atoms with Crippen molar-refractivity contribution in [1.82, 2.24) is 20.2 Å². The third-order valence-corrected chi connectivity index (χ3v) is 4.64. The molecule has 1 N–H and O–H groups in total. The summed E-state index contributed by atoms with van der Waals surface area (Å²) < 4.78 is 6.78. The maximum Gasteiger partial charge on any atom is 0.341 e. The Morgan fingerprint density at radius 3 is 2.42 bits per heavy atom. The molecule has 3 aromatic carbocycles. The smallest absolute Gasteiger partial charge is 0.341 e. The van der Waals surface area contributed by atoms with E-state index in [1.165, 1.54) is 17.9 Å². The van der Waals surface area contributed by atoms with Gasteiger partial charge in [0.25, 0.3) is 5.91 Å².